The molecule has 3 atom stereocenters. The van der Waals surface area contributed by atoms with E-state index in [4.69, 9.17) is 23.2 Å². The Bertz CT molecular complexity index is 924. The highest BCUT2D eigenvalue weighted by Crippen LogP contribution is 2.44. The zero-order valence-corrected chi connectivity index (χ0v) is 15.4. The van der Waals surface area contributed by atoms with E-state index in [9.17, 15) is 27.9 Å². The first-order chi connectivity index (χ1) is 13.0. The molecule has 1 aliphatic rings. The van der Waals surface area contributed by atoms with E-state index in [1.165, 1.54) is 47.8 Å². The zero-order valence-electron chi connectivity index (χ0n) is 13.9. The molecule has 0 aromatic heterocycles. The van der Waals surface area contributed by atoms with Crippen LogP contribution >= 0.6 is 23.2 Å². The highest BCUT2D eigenvalue weighted by molar-refractivity contribution is 6.42. The first kappa shape index (κ1) is 20.4. The lowest BCUT2D eigenvalue weighted by molar-refractivity contribution is -0.287. The number of amides is 2. The van der Waals surface area contributed by atoms with E-state index in [2.05, 4.69) is 5.32 Å². The predicted molar refractivity (Wildman–Crippen MR) is 96.1 cm³/mol. The molecule has 1 saturated heterocycles. The van der Waals surface area contributed by atoms with Crippen molar-refractivity contribution in [1.82, 2.24) is 10.6 Å². The molecule has 2 aromatic rings. The number of alkyl halides is 3. The van der Waals surface area contributed by atoms with E-state index < -0.39 is 35.7 Å². The summed E-state index contributed by atoms with van der Waals surface area (Å²) >= 11 is 11.8. The summed E-state index contributed by atoms with van der Waals surface area (Å²) in [6, 6.07) is 8.27. The van der Waals surface area contributed by atoms with Gasteiger partial charge in [-0.2, -0.15) is 13.2 Å². The zero-order chi connectivity index (χ0) is 20.7. The Morgan fingerprint density at radius 2 is 1.71 bits per heavy atom. The summed E-state index contributed by atoms with van der Waals surface area (Å²) in [6.07, 6.45) is -5.33. The Labute approximate surface area is 167 Å². The standard InChI is InChI=1S/C18H13Cl2F3N2O3/c19-11-7-6-10(8-12(11)20)14-13(15(26)9-4-2-1-3-5-9)17(28,18(21,22)23)25-16(27)24-14/h1-8,13-14,28H,(H2,24,25,27)/t13-,14-,17+/m1/s1. The highest BCUT2D eigenvalue weighted by Gasteiger charge is 2.66. The van der Waals surface area contributed by atoms with E-state index >= 15 is 0 Å². The van der Waals surface area contributed by atoms with Crippen LogP contribution in [0.4, 0.5) is 18.0 Å². The lowest BCUT2D eigenvalue weighted by atomic mass is 9.77. The molecule has 0 unspecified atom stereocenters. The van der Waals surface area contributed by atoms with Gasteiger partial charge in [-0.25, -0.2) is 4.79 Å². The number of hydrogen-bond acceptors (Lipinski definition) is 3. The summed E-state index contributed by atoms with van der Waals surface area (Å²) in [5.74, 6) is -3.13. The van der Waals surface area contributed by atoms with Gasteiger partial charge in [-0.3, -0.25) is 4.79 Å². The van der Waals surface area contributed by atoms with Crippen LogP contribution in [0.5, 0.6) is 0 Å². The van der Waals surface area contributed by atoms with Gasteiger partial charge in [0, 0.05) is 5.56 Å². The predicted octanol–water partition coefficient (Wildman–Crippen LogP) is 4.10. The Morgan fingerprint density at radius 1 is 1.07 bits per heavy atom. The van der Waals surface area contributed by atoms with E-state index in [0.717, 1.165) is 0 Å². The molecular weight excluding hydrogens is 420 g/mol. The average Bonchev–Trinajstić information content (AvgIpc) is 2.63. The summed E-state index contributed by atoms with van der Waals surface area (Å²) in [4.78, 5) is 24.9. The SMILES string of the molecule is O=C1N[C@H](c2ccc(Cl)c(Cl)c2)[C@H](C(=O)c2ccccc2)[C@](O)(C(F)(F)F)N1. The summed E-state index contributed by atoms with van der Waals surface area (Å²) in [7, 11) is 0. The second-order valence-electron chi connectivity index (χ2n) is 6.22. The van der Waals surface area contributed by atoms with Crippen molar-refractivity contribution in [2.24, 2.45) is 5.92 Å². The molecule has 148 valence electrons. The number of nitrogens with one attached hydrogen (secondary N) is 2. The van der Waals surface area contributed by atoms with Crippen LogP contribution in [0.15, 0.2) is 48.5 Å². The Hall–Kier alpha value is -2.29. The van der Waals surface area contributed by atoms with E-state index in [1.54, 1.807) is 6.07 Å². The van der Waals surface area contributed by atoms with Gasteiger partial charge < -0.3 is 15.7 Å². The molecular formula is C18H13Cl2F3N2O3. The Morgan fingerprint density at radius 3 is 2.29 bits per heavy atom. The average molecular weight is 433 g/mol. The van der Waals surface area contributed by atoms with Crippen LogP contribution < -0.4 is 10.6 Å². The van der Waals surface area contributed by atoms with Crippen LogP contribution in [0.2, 0.25) is 10.0 Å². The lowest BCUT2D eigenvalue weighted by Gasteiger charge is -2.45. The second kappa shape index (κ2) is 7.27. The maximum Gasteiger partial charge on any atom is 0.437 e. The smallest absolute Gasteiger partial charge is 0.363 e. The van der Waals surface area contributed by atoms with Crippen LogP contribution in [0.3, 0.4) is 0 Å². The molecule has 28 heavy (non-hydrogen) atoms. The minimum atomic E-state index is -5.33. The van der Waals surface area contributed by atoms with Crippen molar-refractivity contribution in [3.63, 3.8) is 0 Å². The summed E-state index contributed by atoms with van der Waals surface area (Å²) in [5, 5.41) is 14.3. The van der Waals surface area contributed by atoms with Crippen molar-refractivity contribution in [2.45, 2.75) is 17.9 Å². The van der Waals surface area contributed by atoms with Gasteiger partial charge in [0.25, 0.3) is 0 Å². The van der Waals surface area contributed by atoms with Crippen molar-refractivity contribution >= 4 is 35.0 Å². The fourth-order valence-corrected chi connectivity index (χ4v) is 3.41. The fraction of sp³-hybridized carbons (Fsp3) is 0.222. The topological polar surface area (TPSA) is 78.4 Å². The molecule has 2 amide bonds. The molecule has 3 rings (SSSR count). The van der Waals surface area contributed by atoms with Crippen LogP contribution in [0.25, 0.3) is 0 Å². The number of carbonyl (C=O) groups is 2. The molecule has 0 bridgehead atoms. The third kappa shape index (κ3) is 3.55. The van der Waals surface area contributed by atoms with E-state index in [-0.39, 0.29) is 21.2 Å². The summed E-state index contributed by atoms with van der Waals surface area (Å²) in [5.41, 5.74) is -3.77. The minimum absolute atomic E-state index is 0.0217. The normalized spacial score (nSPS) is 25.0. The molecule has 1 heterocycles. The highest BCUT2D eigenvalue weighted by atomic mass is 35.5. The van der Waals surface area contributed by atoms with Crippen molar-refractivity contribution < 1.29 is 27.9 Å². The number of benzene rings is 2. The molecule has 0 saturated carbocycles. The number of Topliss-reactive ketones (excluding diaryl/α,β-unsaturated/α-hetero) is 1. The maximum absolute atomic E-state index is 13.8. The molecule has 5 nitrogen and oxygen atoms in total. The molecule has 1 fully saturated rings. The van der Waals surface area contributed by atoms with Crippen LogP contribution in [-0.4, -0.2) is 28.8 Å². The first-order valence-corrected chi connectivity index (χ1v) is 8.72. The van der Waals surface area contributed by atoms with Crippen molar-refractivity contribution in [3.8, 4) is 0 Å². The van der Waals surface area contributed by atoms with Gasteiger partial charge in [-0.15, -0.1) is 0 Å². The van der Waals surface area contributed by atoms with Gasteiger partial charge in [0.2, 0.25) is 5.72 Å². The summed E-state index contributed by atoms with van der Waals surface area (Å²) < 4.78 is 41.3. The van der Waals surface area contributed by atoms with Gasteiger partial charge in [0.15, 0.2) is 5.78 Å². The number of urea groups is 1. The molecule has 3 N–H and O–H groups in total. The van der Waals surface area contributed by atoms with Gasteiger partial charge in [0.1, 0.15) is 5.92 Å². The quantitative estimate of drug-likeness (QED) is 0.638. The number of hydrogen-bond donors (Lipinski definition) is 3. The Kier molecular flexibility index (Phi) is 5.31. The number of aliphatic hydroxyl groups is 1. The molecule has 1 aliphatic heterocycles. The first-order valence-electron chi connectivity index (χ1n) is 7.96. The molecule has 10 heteroatoms. The van der Waals surface area contributed by atoms with Crippen LogP contribution in [-0.2, 0) is 0 Å². The van der Waals surface area contributed by atoms with Gasteiger partial charge in [-0.05, 0) is 17.7 Å². The fourth-order valence-electron chi connectivity index (χ4n) is 3.10. The number of rotatable bonds is 3. The maximum atomic E-state index is 13.8. The lowest BCUT2D eigenvalue weighted by Crippen LogP contribution is -2.72. The van der Waals surface area contributed by atoms with E-state index in [1.807, 2.05) is 0 Å². The van der Waals surface area contributed by atoms with Crippen molar-refractivity contribution in [3.05, 3.63) is 69.7 Å². The van der Waals surface area contributed by atoms with Gasteiger partial charge >= 0.3 is 12.2 Å². The largest absolute Gasteiger partial charge is 0.437 e. The third-order valence-electron chi connectivity index (χ3n) is 4.45. The molecule has 0 aliphatic carbocycles. The van der Waals surface area contributed by atoms with Gasteiger partial charge in [0.05, 0.1) is 16.1 Å². The molecule has 2 aromatic carbocycles. The second-order valence-corrected chi connectivity index (χ2v) is 7.04. The molecule has 0 spiro atoms. The summed E-state index contributed by atoms with van der Waals surface area (Å²) in [6.45, 7) is 0. The van der Waals surface area contributed by atoms with E-state index in [0.29, 0.717) is 0 Å². The van der Waals surface area contributed by atoms with Crippen molar-refractivity contribution in [2.75, 3.05) is 0 Å². The number of carbonyl (C=O) groups excluding carboxylic acids is 2. The molecule has 0 radical (unpaired) electrons. The van der Waals surface area contributed by atoms with Crippen LogP contribution in [0.1, 0.15) is 22.0 Å². The monoisotopic (exact) mass is 432 g/mol. The van der Waals surface area contributed by atoms with Crippen molar-refractivity contribution in [1.29, 1.82) is 0 Å². The number of halogens is 5. The van der Waals surface area contributed by atoms with Gasteiger partial charge in [-0.1, -0.05) is 59.6 Å². The number of ketones is 1. The van der Waals surface area contributed by atoms with Crippen LogP contribution in [0, 0.1) is 5.92 Å². The minimum Gasteiger partial charge on any atom is -0.363 e. The third-order valence-corrected chi connectivity index (χ3v) is 5.19. The Balaban J connectivity index is 2.18.